The van der Waals surface area contributed by atoms with E-state index in [0.29, 0.717) is 24.7 Å². The third kappa shape index (κ3) is 3.44. The Kier molecular flexibility index (Phi) is 4.64. The van der Waals surface area contributed by atoms with Gasteiger partial charge in [0, 0.05) is 19.5 Å². The minimum atomic E-state index is -0.264. The van der Waals surface area contributed by atoms with E-state index in [1.54, 1.807) is 4.68 Å². The summed E-state index contributed by atoms with van der Waals surface area (Å²) in [6.07, 6.45) is 4.24. The molecule has 1 amide bonds. The number of carbonyl (C=O) groups excluding carboxylic acids is 1. The average Bonchev–Trinajstić information content (AvgIpc) is 3.20. The minimum Gasteiger partial charge on any atom is -0.441 e. The Morgan fingerprint density at radius 1 is 1.38 bits per heavy atom. The fourth-order valence-electron chi connectivity index (χ4n) is 3.37. The van der Waals surface area contributed by atoms with Gasteiger partial charge in [-0.1, -0.05) is 12.5 Å². The number of nitrogens with one attached hydrogen (secondary N) is 1. The van der Waals surface area contributed by atoms with E-state index in [0.717, 1.165) is 48.9 Å². The second-order valence-electron chi connectivity index (χ2n) is 6.78. The lowest BCUT2D eigenvalue weighted by Gasteiger charge is -2.13. The molecule has 4 rings (SSSR count). The van der Waals surface area contributed by atoms with Gasteiger partial charge in [-0.05, 0) is 54.3 Å². The van der Waals surface area contributed by atoms with Crippen LogP contribution in [0.1, 0.15) is 48.9 Å². The number of hydrogen-bond acceptors (Lipinski definition) is 6. The maximum Gasteiger partial charge on any atom is 0.230 e. The van der Waals surface area contributed by atoms with Gasteiger partial charge in [-0.3, -0.25) is 4.79 Å². The molecular formula is C18H22N6O2. The Bertz CT molecular complexity index is 915. The standard InChI is InChI=1S/C18H22N6O2/c1-12-7-8-14-15(11-12)26-16(20-14)6-4-9-19-18(25)13-5-2-3-10-24-17(13)21-22-23-24/h7-8,11,13H,2-6,9-10H2,1H3,(H,19,25)/t13-/m0/s1. The molecule has 8 heteroatoms. The first-order valence-electron chi connectivity index (χ1n) is 9.10. The molecule has 8 nitrogen and oxygen atoms in total. The van der Waals surface area contributed by atoms with Crippen LogP contribution in [-0.4, -0.2) is 37.6 Å². The van der Waals surface area contributed by atoms with Gasteiger partial charge in [-0.25, -0.2) is 9.67 Å². The molecule has 1 atom stereocenters. The van der Waals surface area contributed by atoms with E-state index in [-0.39, 0.29) is 11.8 Å². The molecule has 1 aliphatic heterocycles. The van der Waals surface area contributed by atoms with E-state index in [1.165, 1.54) is 0 Å². The van der Waals surface area contributed by atoms with Crippen LogP contribution in [0.3, 0.4) is 0 Å². The normalized spacial score (nSPS) is 17.0. The topological polar surface area (TPSA) is 98.7 Å². The number of rotatable bonds is 5. The van der Waals surface area contributed by atoms with Crippen LogP contribution >= 0.6 is 0 Å². The smallest absolute Gasteiger partial charge is 0.230 e. The predicted molar refractivity (Wildman–Crippen MR) is 94.5 cm³/mol. The molecule has 0 saturated heterocycles. The van der Waals surface area contributed by atoms with Crippen molar-refractivity contribution < 1.29 is 9.21 Å². The van der Waals surface area contributed by atoms with Gasteiger partial charge in [0.15, 0.2) is 17.3 Å². The van der Waals surface area contributed by atoms with Crippen LogP contribution in [0.4, 0.5) is 0 Å². The fraction of sp³-hybridized carbons (Fsp3) is 0.500. The molecule has 1 aromatic carbocycles. The molecule has 2 aromatic heterocycles. The molecule has 0 spiro atoms. The van der Waals surface area contributed by atoms with Crippen LogP contribution in [0.2, 0.25) is 0 Å². The van der Waals surface area contributed by atoms with E-state index in [4.69, 9.17) is 4.42 Å². The number of aromatic nitrogens is 5. The van der Waals surface area contributed by atoms with Crippen molar-refractivity contribution in [3.05, 3.63) is 35.5 Å². The summed E-state index contributed by atoms with van der Waals surface area (Å²) >= 11 is 0. The minimum absolute atomic E-state index is 0.00357. The van der Waals surface area contributed by atoms with Gasteiger partial charge >= 0.3 is 0 Å². The van der Waals surface area contributed by atoms with Gasteiger partial charge in [-0.2, -0.15) is 0 Å². The second kappa shape index (κ2) is 7.23. The lowest BCUT2D eigenvalue weighted by Crippen LogP contribution is -2.31. The van der Waals surface area contributed by atoms with Gasteiger partial charge in [0.1, 0.15) is 5.52 Å². The molecule has 0 saturated carbocycles. The van der Waals surface area contributed by atoms with E-state index in [1.807, 2.05) is 25.1 Å². The Labute approximate surface area is 151 Å². The summed E-state index contributed by atoms with van der Waals surface area (Å²) in [7, 11) is 0. The predicted octanol–water partition coefficient (Wildman–Crippen LogP) is 2.14. The van der Waals surface area contributed by atoms with Gasteiger partial charge in [-0.15, -0.1) is 5.10 Å². The van der Waals surface area contributed by atoms with Crippen molar-refractivity contribution in [2.45, 2.75) is 51.5 Å². The molecule has 26 heavy (non-hydrogen) atoms. The molecular weight excluding hydrogens is 332 g/mol. The van der Waals surface area contributed by atoms with Crippen molar-refractivity contribution in [3.63, 3.8) is 0 Å². The van der Waals surface area contributed by atoms with Crippen molar-refractivity contribution in [2.75, 3.05) is 6.54 Å². The summed E-state index contributed by atoms with van der Waals surface area (Å²) in [6.45, 7) is 3.39. The molecule has 0 aliphatic carbocycles. The van der Waals surface area contributed by atoms with Crippen LogP contribution in [0.5, 0.6) is 0 Å². The lowest BCUT2D eigenvalue weighted by atomic mass is 10.0. The fourth-order valence-corrected chi connectivity index (χ4v) is 3.37. The first-order valence-corrected chi connectivity index (χ1v) is 9.10. The van der Waals surface area contributed by atoms with Crippen LogP contribution in [0.15, 0.2) is 22.6 Å². The number of carbonyl (C=O) groups is 1. The molecule has 1 aliphatic rings. The lowest BCUT2D eigenvalue weighted by molar-refractivity contribution is -0.122. The summed E-state index contributed by atoms with van der Waals surface area (Å²) in [5.41, 5.74) is 2.84. The summed E-state index contributed by atoms with van der Waals surface area (Å²) in [5.74, 6) is 1.11. The summed E-state index contributed by atoms with van der Waals surface area (Å²) in [6, 6.07) is 5.98. The highest BCUT2D eigenvalue weighted by molar-refractivity contribution is 5.82. The van der Waals surface area contributed by atoms with Gasteiger partial charge in [0.05, 0.1) is 5.92 Å². The first-order chi connectivity index (χ1) is 12.7. The summed E-state index contributed by atoms with van der Waals surface area (Å²) < 4.78 is 7.52. The molecule has 0 unspecified atom stereocenters. The summed E-state index contributed by atoms with van der Waals surface area (Å²) in [4.78, 5) is 17.0. The van der Waals surface area contributed by atoms with Crippen LogP contribution in [0.25, 0.3) is 11.1 Å². The van der Waals surface area contributed by atoms with Gasteiger partial charge < -0.3 is 9.73 Å². The number of benzene rings is 1. The highest BCUT2D eigenvalue weighted by Crippen LogP contribution is 2.24. The van der Waals surface area contributed by atoms with E-state index >= 15 is 0 Å². The SMILES string of the molecule is Cc1ccc2nc(CCCNC(=O)[C@H]3CCCCn4nnnc43)oc2c1. The van der Waals surface area contributed by atoms with Crippen LogP contribution in [0, 0.1) is 6.92 Å². The molecule has 0 fully saturated rings. The number of hydrogen-bond donors (Lipinski definition) is 1. The molecule has 136 valence electrons. The number of tetrazole rings is 1. The Balaban J connectivity index is 1.31. The van der Waals surface area contributed by atoms with Crippen molar-refractivity contribution in [2.24, 2.45) is 0 Å². The third-order valence-electron chi connectivity index (χ3n) is 4.76. The highest BCUT2D eigenvalue weighted by Gasteiger charge is 2.28. The Morgan fingerprint density at radius 3 is 3.23 bits per heavy atom. The number of fused-ring (bicyclic) bond motifs is 2. The molecule has 1 N–H and O–H groups in total. The Morgan fingerprint density at radius 2 is 2.31 bits per heavy atom. The molecule has 3 aromatic rings. The number of oxazole rings is 1. The summed E-state index contributed by atoms with van der Waals surface area (Å²) in [5, 5.41) is 14.7. The van der Waals surface area contributed by atoms with E-state index < -0.39 is 0 Å². The van der Waals surface area contributed by atoms with Gasteiger partial charge in [0.25, 0.3) is 0 Å². The zero-order valence-corrected chi connectivity index (χ0v) is 14.8. The maximum atomic E-state index is 12.5. The average molecular weight is 354 g/mol. The molecule has 0 radical (unpaired) electrons. The maximum absolute atomic E-state index is 12.5. The third-order valence-corrected chi connectivity index (χ3v) is 4.76. The first kappa shape index (κ1) is 16.7. The Hall–Kier alpha value is -2.77. The highest BCUT2D eigenvalue weighted by atomic mass is 16.3. The molecule has 3 heterocycles. The van der Waals surface area contributed by atoms with Crippen molar-refractivity contribution in [1.82, 2.24) is 30.5 Å². The van der Waals surface area contributed by atoms with E-state index in [9.17, 15) is 4.79 Å². The van der Waals surface area contributed by atoms with Crippen molar-refractivity contribution >= 4 is 17.0 Å². The van der Waals surface area contributed by atoms with E-state index in [2.05, 4.69) is 25.8 Å². The monoisotopic (exact) mass is 354 g/mol. The van der Waals surface area contributed by atoms with Crippen molar-refractivity contribution in [3.8, 4) is 0 Å². The number of aryl methyl sites for hydroxylation is 3. The zero-order chi connectivity index (χ0) is 17.9. The largest absolute Gasteiger partial charge is 0.441 e. The number of amides is 1. The van der Waals surface area contributed by atoms with Crippen molar-refractivity contribution in [1.29, 1.82) is 0 Å². The molecule has 0 bridgehead atoms. The zero-order valence-electron chi connectivity index (χ0n) is 14.8. The number of nitrogens with zero attached hydrogens (tertiary/aromatic N) is 5. The second-order valence-corrected chi connectivity index (χ2v) is 6.78. The van der Waals surface area contributed by atoms with Crippen LogP contribution in [-0.2, 0) is 17.8 Å². The van der Waals surface area contributed by atoms with Crippen LogP contribution < -0.4 is 5.32 Å². The van der Waals surface area contributed by atoms with Gasteiger partial charge in [0.2, 0.25) is 5.91 Å². The quantitative estimate of drug-likeness (QED) is 0.705.